The van der Waals surface area contributed by atoms with E-state index in [2.05, 4.69) is 15.1 Å². The number of aryl methyl sites for hydroxylation is 1. The van der Waals surface area contributed by atoms with Gasteiger partial charge in [0.2, 0.25) is 11.7 Å². The Labute approximate surface area is 167 Å². The Morgan fingerprint density at radius 3 is 2.97 bits per heavy atom. The summed E-state index contributed by atoms with van der Waals surface area (Å²) in [5, 5.41) is 13.7. The summed E-state index contributed by atoms with van der Waals surface area (Å²) in [5.74, 6) is 0.733. The van der Waals surface area contributed by atoms with E-state index in [9.17, 15) is 14.7 Å². The van der Waals surface area contributed by atoms with E-state index in [0.717, 1.165) is 24.0 Å². The van der Waals surface area contributed by atoms with E-state index in [0.29, 0.717) is 31.2 Å². The third kappa shape index (κ3) is 4.21. The molecule has 3 heterocycles. The lowest BCUT2D eigenvalue weighted by molar-refractivity contribution is 0.0667. The first-order valence-corrected chi connectivity index (χ1v) is 9.61. The Morgan fingerprint density at radius 2 is 2.17 bits per heavy atom. The number of carbonyl (C=O) groups is 1. The maximum atomic E-state index is 12.7. The first-order valence-electron chi connectivity index (χ1n) is 9.61. The van der Waals surface area contributed by atoms with Crippen LogP contribution in [0.3, 0.4) is 0 Å². The van der Waals surface area contributed by atoms with Crippen molar-refractivity contribution < 1.29 is 14.4 Å². The molecule has 0 saturated carbocycles. The van der Waals surface area contributed by atoms with Crippen molar-refractivity contribution in [1.29, 1.82) is 0 Å². The molecule has 1 aromatic carbocycles. The van der Waals surface area contributed by atoms with Gasteiger partial charge in [-0.1, -0.05) is 29.4 Å². The highest BCUT2D eigenvalue weighted by Crippen LogP contribution is 2.24. The minimum absolute atomic E-state index is 0.187. The van der Waals surface area contributed by atoms with Crippen LogP contribution in [0.4, 0.5) is 0 Å². The van der Waals surface area contributed by atoms with Gasteiger partial charge in [0, 0.05) is 37.2 Å². The zero-order valence-corrected chi connectivity index (χ0v) is 16.1. The minimum Gasteiger partial charge on any atom is -0.494 e. The Hall–Kier alpha value is -3.42. The molecule has 150 valence electrons. The lowest BCUT2D eigenvalue weighted by Gasteiger charge is -2.32. The summed E-state index contributed by atoms with van der Waals surface area (Å²) < 4.78 is 5.45. The number of piperidine rings is 1. The predicted octanol–water partition coefficient (Wildman–Crippen LogP) is 2.53. The lowest BCUT2D eigenvalue weighted by Crippen LogP contribution is -2.40. The van der Waals surface area contributed by atoms with E-state index < -0.39 is 5.56 Å². The highest BCUT2D eigenvalue weighted by Gasteiger charge is 2.26. The molecule has 1 aliphatic rings. The second-order valence-corrected chi connectivity index (χ2v) is 7.41. The van der Waals surface area contributed by atoms with Crippen LogP contribution in [0.5, 0.6) is 5.88 Å². The maximum absolute atomic E-state index is 12.7. The molecule has 29 heavy (non-hydrogen) atoms. The van der Waals surface area contributed by atoms with Crippen molar-refractivity contribution in [2.45, 2.75) is 26.2 Å². The van der Waals surface area contributed by atoms with Crippen molar-refractivity contribution in [3.63, 3.8) is 0 Å². The number of rotatable bonds is 4. The molecule has 1 aliphatic heterocycles. The average molecular weight is 394 g/mol. The van der Waals surface area contributed by atoms with Gasteiger partial charge < -0.3 is 14.5 Å². The summed E-state index contributed by atoms with van der Waals surface area (Å²) >= 11 is 0. The predicted molar refractivity (Wildman–Crippen MR) is 106 cm³/mol. The van der Waals surface area contributed by atoms with E-state index in [1.165, 1.54) is 12.1 Å². The number of amides is 1. The van der Waals surface area contributed by atoms with Crippen LogP contribution in [-0.4, -0.2) is 44.1 Å². The number of aromatic nitrogens is 3. The summed E-state index contributed by atoms with van der Waals surface area (Å²) in [6.45, 7) is 3.15. The Bertz CT molecular complexity index is 1090. The quantitative estimate of drug-likeness (QED) is 0.703. The second-order valence-electron chi connectivity index (χ2n) is 7.41. The molecule has 8 nitrogen and oxygen atoms in total. The number of nitrogens with zero attached hydrogens (tertiary/aromatic N) is 3. The number of aromatic amines is 1. The molecule has 0 radical (unpaired) electrons. The number of carbonyl (C=O) groups excluding carboxylic acids is 1. The van der Waals surface area contributed by atoms with Gasteiger partial charge in [0.1, 0.15) is 0 Å². The van der Waals surface area contributed by atoms with E-state index in [1.54, 1.807) is 4.90 Å². The van der Waals surface area contributed by atoms with E-state index >= 15 is 0 Å². The smallest absolute Gasteiger partial charge is 0.254 e. The molecule has 0 spiro atoms. The number of likely N-dealkylation sites (tertiary alicyclic amines) is 1. The van der Waals surface area contributed by atoms with Crippen LogP contribution in [0.2, 0.25) is 0 Å². The van der Waals surface area contributed by atoms with Crippen LogP contribution < -0.4 is 5.56 Å². The number of nitrogens with one attached hydrogen (secondary N) is 1. The molecule has 1 amide bonds. The molecule has 2 N–H and O–H groups in total. The first-order chi connectivity index (χ1) is 14.0. The van der Waals surface area contributed by atoms with Gasteiger partial charge in [0.15, 0.2) is 5.88 Å². The normalized spacial score (nSPS) is 16.7. The molecule has 1 unspecified atom stereocenters. The molecule has 2 aromatic heterocycles. The molecule has 1 saturated heterocycles. The fraction of sp³-hybridized carbons (Fsp3) is 0.333. The largest absolute Gasteiger partial charge is 0.494 e. The van der Waals surface area contributed by atoms with Crippen molar-refractivity contribution >= 4 is 5.91 Å². The highest BCUT2D eigenvalue weighted by molar-refractivity contribution is 5.94. The Morgan fingerprint density at radius 1 is 1.34 bits per heavy atom. The summed E-state index contributed by atoms with van der Waals surface area (Å²) in [6, 6.07) is 10.4. The fourth-order valence-corrected chi connectivity index (χ4v) is 3.77. The molecule has 8 heteroatoms. The van der Waals surface area contributed by atoms with E-state index in [4.69, 9.17) is 4.52 Å². The van der Waals surface area contributed by atoms with Gasteiger partial charge >= 0.3 is 0 Å². The van der Waals surface area contributed by atoms with Gasteiger partial charge in [-0.25, -0.2) is 0 Å². The van der Waals surface area contributed by atoms with Crippen molar-refractivity contribution in [2.75, 3.05) is 13.1 Å². The summed E-state index contributed by atoms with van der Waals surface area (Å²) in [5.41, 5.74) is 1.70. The van der Waals surface area contributed by atoms with Crippen LogP contribution in [0.1, 0.15) is 34.7 Å². The standard InChI is InChI=1S/C21H22N4O4/c1-13-5-2-3-7-16(13)20-23-19(29-24-20)9-14-6-4-8-25(12-14)21(28)15-10-17(26)22-18(27)11-15/h2-3,5,7,10-11,14H,4,6,8-9,12H2,1H3,(H2,22,26,27). The van der Waals surface area contributed by atoms with Crippen molar-refractivity contribution in [1.82, 2.24) is 20.0 Å². The molecule has 0 aliphatic carbocycles. The zero-order chi connectivity index (χ0) is 20.4. The fourth-order valence-electron chi connectivity index (χ4n) is 3.77. The van der Waals surface area contributed by atoms with Crippen molar-refractivity contribution in [2.24, 2.45) is 5.92 Å². The number of aromatic hydroxyl groups is 1. The van der Waals surface area contributed by atoms with Crippen LogP contribution in [-0.2, 0) is 6.42 Å². The third-order valence-corrected chi connectivity index (χ3v) is 5.20. The van der Waals surface area contributed by atoms with Crippen molar-refractivity contribution in [3.8, 4) is 17.3 Å². The van der Waals surface area contributed by atoms with Crippen LogP contribution in [0, 0.1) is 12.8 Å². The number of benzene rings is 1. The van der Waals surface area contributed by atoms with Crippen LogP contribution in [0.25, 0.3) is 11.4 Å². The van der Waals surface area contributed by atoms with Gasteiger partial charge in [-0.3, -0.25) is 14.6 Å². The van der Waals surface area contributed by atoms with Crippen molar-refractivity contribution in [3.05, 3.63) is 63.8 Å². The number of hydrogen-bond donors (Lipinski definition) is 2. The molecule has 4 rings (SSSR count). The molecule has 1 atom stereocenters. The lowest BCUT2D eigenvalue weighted by atomic mass is 9.94. The Kier molecular flexibility index (Phi) is 5.16. The third-order valence-electron chi connectivity index (χ3n) is 5.20. The zero-order valence-electron chi connectivity index (χ0n) is 16.1. The first kappa shape index (κ1) is 18.9. The van der Waals surface area contributed by atoms with E-state index in [-0.39, 0.29) is 23.3 Å². The molecular weight excluding hydrogens is 372 g/mol. The minimum atomic E-state index is -0.503. The van der Waals surface area contributed by atoms with Gasteiger partial charge in [-0.05, 0) is 31.2 Å². The van der Waals surface area contributed by atoms with E-state index in [1.807, 2.05) is 31.2 Å². The summed E-state index contributed by atoms with van der Waals surface area (Å²) in [6.07, 6.45) is 2.39. The summed E-state index contributed by atoms with van der Waals surface area (Å²) in [4.78, 5) is 32.7. The maximum Gasteiger partial charge on any atom is 0.254 e. The van der Waals surface area contributed by atoms with Gasteiger partial charge in [-0.2, -0.15) is 4.98 Å². The number of H-pyrrole nitrogens is 1. The monoisotopic (exact) mass is 394 g/mol. The second kappa shape index (κ2) is 7.90. The van der Waals surface area contributed by atoms with Crippen LogP contribution >= 0.6 is 0 Å². The summed E-state index contributed by atoms with van der Waals surface area (Å²) in [7, 11) is 0. The van der Waals surface area contributed by atoms with Gasteiger partial charge in [0.25, 0.3) is 11.5 Å². The highest BCUT2D eigenvalue weighted by atomic mass is 16.5. The SMILES string of the molecule is Cc1ccccc1-c1noc(CC2CCCN(C(=O)c3cc(O)[nH]c(=O)c3)C2)n1. The molecule has 3 aromatic rings. The Balaban J connectivity index is 1.45. The number of pyridine rings is 1. The molecular formula is C21H22N4O4. The average Bonchev–Trinajstić information content (AvgIpc) is 3.15. The topological polar surface area (TPSA) is 112 Å². The molecule has 1 fully saturated rings. The van der Waals surface area contributed by atoms with Crippen LogP contribution in [0.15, 0.2) is 45.7 Å². The van der Waals surface area contributed by atoms with Gasteiger partial charge in [-0.15, -0.1) is 0 Å². The van der Waals surface area contributed by atoms with Gasteiger partial charge in [0.05, 0.1) is 5.56 Å². The molecule has 0 bridgehead atoms. The number of hydrogen-bond acceptors (Lipinski definition) is 6.